The van der Waals surface area contributed by atoms with E-state index in [1.165, 1.54) is 37.7 Å². The minimum Gasteiger partial charge on any atom is -0.0999 e. The Morgan fingerprint density at radius 1 is 1.27 bits per heavy atom. The normalized spacial score (nSPS) is 36.3. The van der Waals surface area contributed by atoms with Gasteiger partial charge in [-0.1, -0.05) is 30.2 Å². The monoisotopic (exact) mass is 204 g/mol. The van der Waals surface area contributed by atoms with Crippen LogP contribution in [0.25, 0.3) is 0 Å². The van der Waals surface area contributed by atoms with Crippen LogP contribution in [0.3, 0.4) is 0 Å². The van der Waals surface area contributed by atoms with Gasteiger partial charge < -0.3 is 0 Å². The lowest BCUT2D eigenvalue weighted by atomic mass is 9.83. The topological polar surface area (TPSA) is 0 Å². The molecular formula is C15H24. The molecule has 0 spiro atoms. The summed E-state index contributed by atoms with van der Waals surface area (Å²) in [5.74, 6) is 2.58. The standard InChI is InChI=1S/C15H24/c1-10(2)13-7-5-11(3)14-8-6-12(4)15(14)9-13/h12-13,15H,1,5-9H2,2-4H3/t12-,13+,15?/m0/s1. The second-order valence-corrected chi connectivity index (χ2v) is 5.75. The fraction of sp³-hybridized carbons (Fsp3) is 0.733. The van der Waals surface area contributed by atoms with Gasteiger partial charge in [-0.05, 0) is 63.7 Å². The Balaban J connectivity index is 2.21. The van der Waals surface area contributed by atoms with Gasteiger partial charge >= 0.3 is 0 Å². The lowest BCUT2D eigenvalue weighted by molar-refractivity contribution is 0.374. The Labute approximate surface area is 94.5 Å². The Kier molecular flexibility index (Phi) is 3.04. The third-order valence-corrected chi connectivity index (χ3v) is 4.65. The van der Waals surface area contributed by atoms with Crippen molar-refractivity contribution >= 4 is 0 Å². The van der Waals surface area contributed by atoms with Crippen molar-refractivity contribution in [3.8, 4) is 0 Å². The molecule has 0 nitrogen and oxygen atoms in total. The summed E-state index contributed by atoms with van der Waals surface area (Å²) in [6.07, 6.45) is 6.83. The summed E-state index contributed by atoms with van der Waals surface area (Å²) in [6, 6.07) is 0. The second kappa shape index (κ2) is 4.15. The van der Waals surface area contributed by atoms with Crippen LogP contribution in [0.15, 0.2) is 23.3 Å². The minimum atomic E-state index is 0.781. The van der Waals surface area contributed by atoms with Gasteiger partial charge in [0.25, 0.3) is 0 Å². The van der Waals surface area contributed by atoms with Crippen molar-refractivity contribution in [2.45, 2.75) is 52.9 Å². The molecule has 2 rings (SSSR count). The molecule has 0 saturated heterocycles. The first-order valence-electron chi connectivity index (χ1n) is 6.43. The first-order chi connectivity index (χ1) is 7.09. The molecule has 3 atom stereocenters. The van der Waals surface area contributed by atoms with E-state index in [9.17, 15) is 0 Å². The van der Waals surface area contributed by atoms with Crippen LogP contribution < -0.4 is 0 Å². The largest absolute Gasteiger partial charge is 0.0999 e. The molecule has 0 aliphatic heterocycles. The highest BCUT2D eigenvalue weighted by molar-refractivity contribution is 5.23. The second-order valence-electron chi connectivity index (χ2n) is 5.75. The molecule has 1 fully saturated rings. The third kappa shape index (κ3) is 2.04. The summed E-state index contributed by atoms with van der Waals surface area (Å²) in [6.45, 7) is 11.2. The smallest absolute Gasteiger partial charge is 0.0169 e. The average molecular weight is 204 g/mol. The Morgan fingerprint density at radius 2 is 2.00 bits per heavy atom. The number of allylic oxidation sites excluding steroid dienone is 3. The van der Waals surface area contributed by atoms with Crippen LogP contribution >= 0.6 is 0 Å². The van der Waals surface area contributed by atoms with Crippen molar-refractivity contribution in [3.05, 3.63) is 23.3 Å². The van der Waals surface area contributed by atoms with Crippen LogP contribution in [0, 0.1) is 17.8 Å². The van der Waals surface area contributed by atoms with E-state index in [4.69, 9.17) is 0 Å². The highest BCUT2D eigenvalue weighted by Crippen LogP contribution is 2.46. The van der Waals surface area contributed by atoms with Gasteiger partial charge in [0.15, 0.2) is 0 Å². The number of hydrogen-bond acceptors (Lipinski definition) is 0. The van der Waals surface area contributed by atoms with Gasteiger partial charge in [0, 0.05) is 0 Å². The summed E-state index contributed by atoms with van der Waals surface area (Å²) >= 11 is 0. The van der Waals surface area contributed by atoms with E-state index in [-0.39, 0.29) is 0 Å². The maximum Gasteiger partial charge on any atom is -0.0169 e. The zero-order valence-corrected chi connectivity index (χ0v) is 10.5. The van der Waals surface area contributed by atoms with Crippen molar-refractivity contribution in [3.63, 3.8) is 0 Å². The zero-order chi connectivity index (χ0) is 11.0. The lowest BCUT2D eigenvalue weighted by Crippen LogP contribution is -2.11. The highest BCUT2D eigenvalue weighted by Gasteiger charge is 2.33. The molecule has 2 aliphatic carbocycles. The molecule has 0 heterocycles. The highest BCUT2D eigenvalue weighted by atomic mass is 14.4. The first-order valence-corrected chi connectivity index (χ1v) is 6.43. The predicted octanol–water partition coefficient (Wildman–Crippen LogP) is 4.73. The molecule has 84 valence electrons. The van der Waals surface area contributed by atoms with Crippen LogP contribution in [-0.2, 0) is 0 Å². The Hall–Kier alpha value is -0.520. The molecule has 15 heavy (non-hydrogen) atoms. The summed E-state index contributed by atoms with van der Waals surface area (Å²) < 4.78 is 0. The van der Waals surface area contributed by atoms with Crippen LogP contribution in [0.2, 0.25) is 0 Å². The van der Waals surface area contributed by atoms with E-state index >= 15 is 0 Å². The lowest BCUT2D eigenvalue weighted by Gasteiger charge is -2.22. The van der Waals surface area contributed by atoms with Crippen molar-refractivity contribution < 1.29 is 0 Å². The first kappa shape index (κ1) is 11.0. The summed E-state index contributed by atoms with van der Waals surface area (Å²) in [5, 5.41) is 0. The molecule has 0 bridgehead atoms. The Bertz CT molecular complexity index is 295. The van der Waals surface area contributed by atoms with Gasteiger partial charge in [-0.2, -0.15) is 0 Å². The van der Waals surface area contributed by atoms with E-state index in [1.54, 1.807) is 5.57 Å². The molecule has 1 unspecified atom stereocenters. The molecule has 0 aromatic heterocycles. The van der Waals surface area contributed by atoms with Crippen LogP contribution in [0.5, 0.6) is 0 Å². The minimum absolute atomic E-state index is 0.781. The van der Waals surface area contributed by atoms with Crippen LogP contribution in [0.1, 0.15) is 52.9 Å². The van der Waals surface area contributed by atoms with E-state index in [2.05, 4.69) is 27.4 Å². The molecule has 0 N–H and O–H groups in total. The zero-order valence-electron chi connectivity index (χ0n) is 10.5. The molecule has 1 saturated carbocycles. The van der Waals surface area contributed by atoms with E-state index in [0.717, 1.165) is 17.8 Å². The molecule has 0 aromatic rings. The number of fused-ring (bicyclic) bond motifs is 1. The van der Waals surface area contributed by atoms with E-state index in [0.29, 0.717) is 0 Å². The maximum absolute atomic E-state index is 4.17. The van der Waals surface area contributed by atoms with Crippen LogP contribution in [0.4, 0.5) is 0 Å². The van der Waals surface area contributed by atoms with Crippen molar-refractivity contribution in [1.29, 1.82) is 0 Å². The summed E-state index contributed by atoms with van der Waals surface area (Å²) in [7, 11) is 0. The molecular weight excluding hydrogens is 180 g/mol. The average Bonchev–Trinajstić information content (AvgIpc) is 2.43. The SMILES string of the molecule is C=C(C)[C@@H]1CCC(C)=C2CC[C@H](C)C2C1. The molecule has 0 radical (unpaired) electrons. The summed E-state index contributed by atoms with van der Waals surface area (Å²) in [5.41, 5.74) is 4.92. The van der Waals surface area contributed by atoms with Crippen molar-refractivity contribution in [2.24, 2.45) is 17.8 Å². The van der Waals surface area contributed by atoms with Gasteiger partial charge in [-0.25, -0.2) is 0 Å². The predicted molar refractivity (Wildman–Crippen MR) is 66.7 cm³/mol. The third-order valence-electron chi connectivity index (χ3n) is 4.65. The van der Waals surface area contributed by atoms with Gasteiger partial charge in [0.05, 0.1) is 0 Å². The fourth-order valence-electron chi connectivity index (χ4n) is 3.44. The van der Waals surface area contributed by atoms with E-state index in [1.807, 2.05) is 5.57 Å². The van der Waals surface area contributed by atoms with E-state index < -0.39 is 0 Å². The van der Waals surface area contributed by atoms with Gasteiger partial charge in [0.1, 0.15) is 0 Å². The number of rotatable bonds is 1. The Morgan fingerprint density at radius 3 is 2.67 bits per heavy atom. The van der Waals surface area contributed by atoms with Crippen molar-refractivity contribution in [1.82, 2.24) is 0 Å². The molecule has 0 heteroatoms. The molecule has 2 aliphatic rings. The van der Waals surface area contributed by atoms with Gasteiger partial charge in [-0.15, -0.1) is 0 Å². The molecule has 0 amide bonds. The fourth-order valence-corrected chi connectivity index (χ4v) is 3.44. The van der Waals surface area contributed by atoms with Crippen LogP contribution in [-0.4, -0.2) is 0 Å². The quantitative estimate of drug-likeness (QED) is 0.542. The van der Waals surface area contributed by atoms with Gasteiger partial charge in [0.2, 0.25) is 0 Å². The maximum atomic E-state index is 4.17. The number of hydrogen-bond donors (Lipinski definition) is 0. The molecule has 0 aromatic carbocycles. The van der Waals surface area contributed by atoms with Crippen molar-refractivity contribution in [2.75, 3.05) is 0 Å². The van der Waals surface area contributed by atoms with Gasteiger partial charge in [-0.3, -0.25) is 0 Å². The summed E-state index contributed by atoms with van der Waals surface area (Å²) in [4.78, 5) is 0.